The number of hydrogen-bond acceptors (Lipinski definition) is 4. The summed E-state index contributed by atoms with van der Waals surface area (Å²) in [6.45, 7) is 1.92. The lowest BCUT2D eigenvalue weighted by Gasteiger charge is -2.23. The molecule has 0 radical (unpaired) electrons. The van der Waals surface area contributed by atoms with Gasteiger partial charge in [0.25, 0.3) is 5.91 Å². The number of thiophene rings is 1. The van der Waals surface area contributed by atoms with Crippen molar-refractivity contribution in [2.24, 2.45) is 0 Å². The summed E-state index contributed by atoms with van der Waals surface area (Å²) in [6, 6.07) is 8.21. The molecule has 1 atom stereocenters. The van der Waals surface area contributed by atoms with Gasteiger partial charge in [0, 0.05) is 11.9 Å². The topological polar surface area (TPSA) is 70.5 Å². The SMILES string of the molecule is CC(c1cccs1)N(C)C(=O)c1cccc(C(=O)O)n1. The first-order chi connectivity index (χ1) is 9.50. The van der Waals surface area contributed by atoms with E-state index in [1.807, 2.05) is 24.4 Å². The molecule has 1 unspecified atom stereocenters. The molecule has 1 amide bonds. The van der Waals surface area contributed by atoms with E-state index in [0.29, 0.717) is 0 Å². The number of aromatic carboxylic acids is 1. The number of rotatable bonds is 4. The number of carbonyl (C=O) groups excluding carboxylic acids is 1. The Morgan fingerprint density at radius 1 is 1.25 bits per heavy atom. The molecule has 2 aromatic heterocycles. The standard InChI is InChI=1S/C14H14N2O3S/c1-9(12-7-4-8-20-12)16(2)13(17)10-5-3-6-11(15-10)14(18)19/h3-9H,1-2H3,(H,18,19). The molecule has 20 heavy (non-hydrogen) atoms. The molecule has 0 saturated carbocycles. The molecule has 5 nitrogen and oxygen atoms in total. The van der Waals surface area contributed by atoms with Crippen molar-refractivity contribution in [3.63, 3.8) is 0 Å². The van der Waals surface area contributed by atoms with Crippen LogP contribution in [0, 0.1) is 0 Å². The smallest absolute Gasteiger partial charge is 0.354 e. The van der Waals surface area contributed by atoms with Gasteiger partial charge in [0.2, 0.25) is 0 Å². The average Bonchev–Trinajstić information content (AvgIpc) is 2.99. The maximum Gasteiger partial charge on any atom is 0.354 e. The van der Waals surface area contributed by atoms with E-state index >= 15 is 0 Å². The first-order valence-corrected chi connectivity index (χ1v) is 6.89. The van der Waals surface area contributed by atoms with E-state index in [1.54, 1.807) is 23.3 Å². The van der Waals surface area contributed by atoms with Crippen LogP contribution in [0.1, 0.15) is 38.8 Å². The zero-order valence-electron chi connectivity index (χ0n) is 11.1. The molecule has 0 bridgehead atoms. The Morgan fingerprint density at radius 3 is 2.55 bits per heavy atom. The summed E-state index contributed by atoms with van der Waals surface area (Å²) in [4.78, 5) is 29.7. The lowest BCUT2D eigenvalue weighted by Crippen LogP contribution is -2.30. The third-order valence-electron chi connectivity index (χ3n) is 3.04. The van der Waals surface area contributed by atoms with Crippen molar-refractivity contribution in [1.29, 1.82) is 0 Å². The molecule has 0 aliphatic carbocycles. The zero-order valence-corrected chi connectivity index (χ0v) is 11.9. The van der Waals surface area contributed by atoms with E-state index in [0.717, 1.165) is 4.88 Å². The van der Waals surface area contributed by atoms with Crippen LogP contribution in [0.4, 0.5) is 0 Å². The quantitative estimate of drug-likeness (QED) is 0.939. The minimum atomic E-state index is -1.14. The van der Waals surface area contributed by atoms with Crippen molar-refractivity contribution < 1.29 is 14.7 Å². The van der Waals surface area contributed by atoms with Gasteiger partial charge in [-0.05, 0) is 30.5 Å². The minimum Gasteiger partial charge on any atom is -0.477 e. The average molecular weight is 290 g/mol. The predicted molar refractivity (Wildman–Crippen MR) is 76.0 cm³/mol. The summed E-state index contributed by atoms with van der Waals surface area (Å²) in [7, 11) is 1.68. The molecule has 0 aliphatic heterocycles. The highest BCUT2D eigenvalue weighted by molar-refractivity contribution is 7.10. The van der Waals surface area contributed by atoms with Gasteiger partial charge in [-0.3, -0.25) is 4.79 Å². The van der Waals surface area contributed by atoms with Crippen molar-refractivity contribution in [3.05, 3.63) is 52.0 Å². The summed E-state index contributed by atoms with van der Waals surface area (Å²) in [6.07, 6.45) is 0. The maximum atomic E-state index is 12.3. The summed E-state index contributed by atoms with van der Waals surface area (Å²) in [5.41, 5.74) is 0.00355. The summed E-state index contributed by atoms with van der Waals surface area (Å²) in [5, 5.41) is 10.9. The highest BCUT2D eigenvalue weighted by Crippen LogP contribution is 2.24. The third kappa shape index (κ3) is 2.85. The Kier molecular flexibility index (Phi) is 4.14. The Morgan fingerprint density at radius 2 is 1.95 bits per heavy atom. The Hall–Kier alpha value is -2.21. The number of carbonyl (C=O) groups is 2. The Bertz CT molecular complexity index is 625. The molecular weight excluding hydrogens is 276 g/mol. The van der Waals surface area contributed by atoms with Crippen LogP contribution in [0.3, 0.4) is 0 Å². The molecule has 2 rings (SSSR count). The lowest BCUT2D eigenvalue weighted by atomic mass is 10.2. The predicted octanol–water partition coefficient (Wildman–Crippen LogP) is 2.67. The van der Waals surface area contributed by atoms with Crippen molar-refractivity contribution in [2.45, 2.75) is 13.0 Å². The largest absolute Gasteiger partial charge is 0.477 e. The molecule has 2 heterocycles. The van der Waals surface area contributed by atoms with E-state index in [2.05, 4.69) is 4.98 Å². The van der Waals surface area contributed by atoms with Crippen molar-refractivity contribution in [3.8, 4) is 0 Å². The normalized spacial score (nSPS) is 11.9. The second kappa shape index (κ2) is 5.83. The van der Waals surface area contributed by atoms with Gasteiger partial charge in [0.1, 0.15) is 11.4 Å². The minimum absolute atomic E-state index is 0.0854. The van der Waals surface area contributed by atoms with E-state index < -0.39 is 5.97 Å². The highest BCUT2D eigenvalue weighted by Gasteiger charge is 2.21. The van der Waals surface area contributed by atoms with E-state index in [-0.39, 0.29) is 23.3 Å². The first-order valence-electron chi connectivity index (χ1n) is 6.01. The summed E-state index contributed by atoms with van der Waals surface area (Å²) < 4.78 is 0. The Balaban J connectivity index is 2.22. The Labute approximate surface area is 120 Å². The van der Waals surface area contributed by atoms with Gasteiger partial charge in [-0.15, -0.1) is 11.3 Å². The van der Waals surface area contributed by atoms with Crippen molar-refractivity contribution in [1.82, 2.24) is 9.88 Å². The highest BCUT2D eigenvalue weighted by atomic mass is 32.1. The molecule has 0 fully saturated rings. The lowest BCUT2D eigenvalue weighted by molar-refractivity contribution is 0.0689. The fraction of sp³-hybridized carbons (Fsp3) is 0.214. The monoisotopic (exact) mass is 290 g/mol. The summed E-state index contributed by atoms with van der Waals surface area (Å²) >= 11 is 1.57. The van der Waals surface area contributed by atoms with Gasteiger partial charge >= 0.3 is 5.97 Å². The van der Waals surface area contributed by atoms with E-state index in [9.17, 15) is 9.59 Å². The van der Waals surface area contributed by atoms with E-state index in [1.165, 1.54) is 18.2 Å². The molecule has 1 N–H and O–H groups in total. The summed E-state index contributed by atoms with van der Waals surface area (Å²) in [5.74, 6) is -1.44. The molecule has 0 spiro atoms. The van der Waals surface area contributed by atoms with Crippen LogP contribution in [0.15, 0.2) is 35.7 Å². The van der Waals surface area contributed by atoms with Crippen LogP contribution in [0.2, 0.25) is 0 Å². The van der Waals surface area contributed by atoms with Gasteiger partial charge in [0.05, 0.1) is 6.04 Å². The van der Waals surface area contributed by atoms with Gasteiger partial charge in [-0.2, -0.15) is 0 Å². The number of carboxylic acid groups (broad SMARTS) is 1. The van der Waals surface area contributed by atoms with Crippen LogP contribution in [-0.4, -0.2) is 33.9 Å². The second-order valence-electron chi connectivity index (χ2n) is 4.32. The van der Waals surface area contributed by atoms with Gasteiger partial charge in [-0.1, -0.05) is 12.1 Å². The maximum absolute atomic E-state index is 12.3. The fourth-order valence-electron chi connectivity index (χ4n) is 1.75. The number of nitrogens with zero attached hydrogens (tertiary/aromatic N) is 2. The van der Waals surface area contributed by atoms with Gasteiger partial charge in [-0.25, -0.2) is 9.78 Å². The van der Waals surface area contributed by atoms with Crippen molar-refractivity contribution in [2.75, 3.05) is 7.05 Å². The molecule has 0 saturated heterocycles. The number of pyridine rings is 1. The van der Waals surface area contributed by atoms with Crippen LogP contribution in [0.5, 0.6) is 0 Å². The number of amides is 1. The molecule has 0 aliphatic rings. The molecular formula is C14H14N2O3S. The molecule has 2 aromatic rings. The second-order valence-corrected chi connectivity index (χ2v) is 5.30. The zero-order chi connectivity index (χ0) is 14.7. The first kappa shape index (κ1) is 14.2. The van der Waals surface area contributed by atoms with Crippen LogP contribution >= 0.6 is 11.3 Å². The third-order valence-corrected chi connectivity index (χ3v) is 4.09. The van der Waals surface area contributed by atoms with Crippen molar-refractivity contribution >= 4 is 23.2 Å². The van der Waals surface area contributed by atoms with Crippen LogP contribution < -0.4 is 0 Å². The van der Waals surface area contributed by atoms with Gasteiger partial charge < -0.3 is 10.0 Å². The number of aromatic nitrogens is 1. The number of carboxylic acids is 1. The molecule has 104 valence electrons. The molecule has 0 aromatic carbocycles. The molecule has 6 heteroatoms. The fourth-order valence-corrected chi connectivity index (χ4v) is 2.58. The van der Waals surface area contributed by atoms with E-state index in [4.69, 9.17) is 5.11 Å². The van der Waals surface area contributed by atoms with Crippen LogP contribution in [-0.2, 0) is 0 Å². The van der Waals surface area contributed by atoms with Gasteiger partial charge in [0.15, 0.2) is 0 Å². The number of hydrogen-bond donors (Lipinski definition) is 1. The van der Waals surface area contributed by atoms with Crippen LogP contribution in [0.25, 0.3) is 0 Å².